The van der Waals surface area contributed by atoms with Crippen LogP contribution in [0.5, 0.6) is 0 Å². The van der Waals surface area contributed by atoms with Crippen LogP contribution in [0.25, 0.3) is 0 Å². The summed E-state index contributed by atoms with van der Waals surface area (Å²) in [5.41, 5.74) is 0. The number of ether oxygens (including phenoxy) is 4. The first-order valence-corrected chi connectivity index (χ1v) is 43.8. The third-order valence-corrected chi connectivity index (χ3v) is 20.3. The average molecular weight is 1420 g/mol. The molecule has 0 heterocycles. The number of hydrogen-bond acceptors (Lipinski definition) is 15. The van der Waals surface area contributed by atoms with Gasteiger partial charge in [0.25, 0.3) is 0 Å². The molecule has 576 valence electrons. The Labute approximate surface area is 594 Å². The first-order chi connectivity index (χ1) is 47.2. The predicted octanol–water partition coefficient (Wildman–Crippen LogP) is 23.4. The minimum absolute atomic E-state index is 0.108. The summed E-state index contributed by atoms with van der Waals surface area (Å²) in [5.74, 6) is -2.11. The summed E-state index contributed by atoms with van der Waals surface area (Å²) in [6.45, 7) is 5.00. The van der Waals surface area contributed by atoms with E-state index in [4.69, 9.17) is 37.0 Å². The Bertz CT molecular complexity index is 1840. The van der Waals surface area contributed by atoms with Gasteiger partial charge in [-0.15, -0.1) is 0 Å². The van der Waals surface area contributed by atoms with Crippen molar-refractivity contribution in [3.05, 3.63) is 0 Å². The van der Waals surface area contributed by atoms with Crippen molar-refractivity contribution in [2.45, 2.75) is 438 Å². The molecular formula is C78H152O17P2. The van der Waals surface area contributed by atoms with Gasteiger partial charge >= 0.3 is 39.5 Å². The quantitative estimate of drug-likeness (QED) is 0.0222. The van der Waals surface area contributed by atoms with Crippen molar-refractivity contribution in [2.75, 3.05) is 39.6 Å². The number of carbonyl (C=O) groups excluding carboxylic acids is 4. The lowest BCUT2D eigenvalue weighted by atomic mass is 10.0. The average Bonchev–Trinajstić information content (AvgIpc) is 3.07. The van der Waals surface area contributed by atoms with E-state index < -0.39 is 97.5 Å². The Kier molecular flexibility index (Phi) is 71.0. The Balaban J connectivity index is 5.21. The lowest BCUT2D eigenvalue weighted by molar-refractivity contribution is -0.161. The highest BCUT2D eigenvalue weighted by molar-refractivity contribution is 7.47. The molecule has 19 heteroatoms. The predicted molar refractivity (Wildman–Crippen MR) is 395 cm³/mol. The molecule has 97 heavy (non-hydrogen) atoms. The van der Waals surface area contributed by atoms with Crippen LogP contribution in [0.1, 0.15) is 419 Å². The first kappa shape index (κ1) is 95.1. The Morgan fingerprint density at radius 3 is 0.608 bits per heavy atom. The highest BCUT2D eigenvalue weighted by Crippen LogP contribution is 2.45. The molecule has 0 saturated heterocycles. The molecule has 17 nitrogen and oxygen atoms in total. The van der Waals surface area contributed by atoms with Crippen LogP contribution in [-0.4, -0.2) is 96.7 Å². The van der Waals surface area contributed by atoms with Crippen LogP contribution < -0.4 is 0 Å². The third-order valence-electron chi connectivity index (χ3n) is 18.4. The zero-order valence-electron chi connectivity index (χ0n) is 63.1. The molecule has 2 unspecified atom stereocenters. The van der Waals surface area contributed by atoms with E-state index in [0.717, 1.165) is 89.9 Å². The second kappa shape index (κ2) is 72.4. The lowest BCUT2D eigenvalue weighted by Crippen LogP contribution is -2.30. The van der Waals surface area contributed by atoms with Crippen molar-refractivity contribution < 1.29 is 80.2 Å². The number of rotatable bonds is 79. The zero-order valence-corrected chi connectivity index (χ0v) is 64.8. The van der Waals surface area contributed by atoms with Gasteiger partial charge in [0.1, 0.15) is 19.3 Å². The normalized spacial score (nSPS) is 13.8. The number of hydrogen-bond donors (Lipinski definition) is 3. The molecule has 0 spiro atoms. The monoisotopic (exact) mass is 1420 g/mol. The lowest BCUT2D eigenvalue weighted by Gasteiger charge is -2.21. The van der Waals surface area contributed by atoms with Gasteiger partial charge in [-0.3, -0.25) is 37.3 Å². The van der Waals surface area contributed by atoms with Crippen LogP contribution in [0.3, 0.4) is 0 Å². The molecule has 0 amide bonds. The van der Waals surface area contributed by atoms with Gasteiger partial charge in [0.05, 0.1) is 26.4 Å². The molecule has 0 bridgehead atoms. The van der Waals surface area contributed by atoms with Gasteiger partial charge in [-0.2, -0.15) is 0 Å². The number of carbonyl (C=O) groups is 4. The van der Waals surface area contributed by atoms with Crippen molar-refractivity contribution >= 4 is 39.5 Å². The molecule has 0 aliphatic rings. The Morgan fingerprint density at radius 1 is 0.247 bits per heavy atom. The molecular weight excluding hydrogens is 1270 g/mol. The van der Waals surface area contributed by atoms with Gasteiger partial charge in [-0.05, 0) is 25.7 Å². The number of aliphatic hydroxyl groups is 1. The summed E-state index contributed by atoms with van der Waals surface area (Å²) in [6, 6.07) is 0. The van der Waals surface area contributed by atoms with E-state index in [-0.39, 0.29) is 25.7 Å². The first-order valence-electron chi connectivity index (χ1n) is 40.8. The number of phosphoric acid groups is 2. The maximum atomic E-state index is 13.1. The summed E-state index contributed by atoms with van der Waals surface area (Å²) >= 11 is 0. The minimum atomic E-state index is -4.96. The Hall–Kier alpha value is -1.94. The largest absolute Gasteiger partial charge is 0.472 e. The molecule has 5 atom stereocenters. The third kappa shape index (κ3) is 72.2. The summed E-state index contributed by atoms with van der Waals surface area (Å²) in [4.78, 5) is 72.9. The topological polar surface area (TPSA) is 237 Å². The van der Waals surface area contributed by atoms with Crippen molar-refractivity contribution in [3.63, 3.8) is 0 Å². The molecule has 0 aliphatic carbocycles. The molecule has 3 N–H and O–H groups in total. The minimum Gasteiger partial charge on any atom is -0.462 e. The molecule has 0 aromatic carbocycles. The fraction of sp³-hybridized carbons (Fsp3) is 0.949. The van der Waals surface area contributed by atoms with Crippen molar-refractivity contribution in [1.29, 1.82) is 0 Å². The highest BCUT2D eigenvalue weighted by Gasteiger charge is 2.30. The summed E-state index contributed by atoms with van der Waals surface area (Å²) in [5, 5.41) is 10.6. The van der Waals surface area contributed by atoms with E-state index in [9.17, 15) is 43.2 Å². The van der Waals surface area contributed by atoms with Crippen molar-refractivity contribution in [1.82, 2.24) is 0 Å². The molecule has 0 radical (unpaired) electrons. The van der Waals surface area contributed by atoms with Crippen LogP contribution in [-0.2, 0) is 65.4 Å². The van der Waals surface area contributed by atoms with Gasteiger partial charge in [0, 0.05) is 25.7 Å². The maximum absolute atomic E-state index is 13.1. The highest BCUT2D eigenvalue weighted by atomic mass is 31.2. The number of aliphatic hydroxyl groups excluding tert-OH is 1. The molecule has 0 aliphatic heterocycles. The van der Waals surface area contributed by atoms with Crippen LogP contribution in [0, 0.1) is 0 Å². The molecule has 0 aromatic rings. The number of esters is 4. The summed E-state index contributed by atoms with van der Waals surface area (Å²) in [6.07, 6.45) is 63.7. The van der Waals surface area contributed by atoms with Gasteiger partial charge < -0.3 is 33.8 Å². The van der Waals surface area contributed by atoms with E-state index in [1.165, 1.54) is 250 Å². The van der Waals surface area contributed by atoms with Crippen LogP contribution in [0.2, 0.25) is 0 Å². The molecule has 0 saturated carbocycles. The SMILES string of the molecule is CCCCCCCCCCCCCCCCCCCCCC(=O)O[C@H](COC(=O)CCCCCCCCCCCCCCCCC)COP(=O)(O)OC[C@@H](O)COP(=O)(O)OC[C@@H](COC(=O)CCCCCCCCCCC)OC(=O)CCCCCCCCCCCCCCCC. The fourth-order valence-electron chi connectivity index (χ4n) is 12.1. The van der Waals surface area contributed by atoms with E-state index in [1.54, 1.807) is 0 Å². The Morgan fingerprint density at radius 2 is 0.412 bits per heavy atom. The van der Waals surface area contributed by atoms with Crippen LogP contribution >= 0.6 is 15.6 Å². The van der Waals surface area contributed by atoms with Crippen molar-refractivity contribution in [3.8, 4) is 0 Å². The van der Waals surface area contributed by atoms with Gasteiger partial charge in [0.15, 0.2) is 12.2 Å². The van der Waals surface area contributed by atoms with Gasteiger partial charge in [-0.1, -0.05) is 368 Å². The molecule has 0 aromatic heterocycles. The van der Waals surface area contributed by atoms with E-state index in [1.807, 2.05) is 0 Å². The van der Waals surface area contributed by atoms with E-state index >= 15 is 0 Å². The fourth-order valence-corrected chi connectivity index (χ4v) is 13.7. The standard InChI is InChI=1S/C78H152O17P2/c1-5-9-13-17-21-25-28-31-34-35-36-37-39-42-45-49-53-57-61-65-78(83)95-74(69-89-76(81)63-59-55-51-47-43-41-38-32-29-26-22-18-14-10-6-2)71-93-97(86,87)91-67-72(79)66-90-96(84,85)92-70-73(68-88-75(80)62-58-54-50-46-24-20-16-12-8-4)94-77(82)64-60-56-52-48-44-40-33-30-27-23-19-15-11-7-3/h72-74,79H,5-71H2,1-4H3,(H,84,85)(H,86,87)/t72-,73+,74+/m0/s1. The van der Waals surface area contributed by atoms with E-state index in [0.29, 0.717) is 25.7 Å². The smallest absolute Gasteiger partial charge is 0.462 e. The van der Waals surface area contributed by atoms with Crippen LogP contribution in [0.4, 0.5) is 0 Å². The zero-order chi connectivity index (χ0) is 71.1. The van der Waals surface area contributed by atoms with Crippen LogP contribution in [0.15, 0.2) is 0 Å². The van der Waals surface area contributed by atoms with Gasteiger partial charge in [0.2, 0.25) is 0 Å². The maximum Gasteiger partial charge on any atom is 0.472 e. The molecule has 0 fully saturated rings. The summed E-state index contributed by atoms with van der Waals surface area (Å²) in [7, 11) is -9.91. The van der Waals surface area contributed by atoms with Crippen molar-refractivity contribution in [2.24, 2.45) is 0 Å². The second-order valence-corrected chi connectivity index (χ2v) is 31.0. The summed E-state index contributed by atoms with van der Waals surface area (Å²) < 4.78 is 68.6. The number of phosphoric ester groups is 2. The van der Waals surface area contributed by atoms with E-state index in [2.05, 4.69) is 27.7 Å². The van der Waals surface area contributed by atoms with Gasteiger partial charge in [-0.25, -0.2) is 9.13 Å². The second-order valence-electron chi connectivity index (χ2n) is 28.1. The number of unbranched alkanes of at least 4 members (excludes halogenated alkanes) is 53. The molecule has 0 rings (SSSR count).